The third-order valence-electron chi connectivity index (χ3n) is 2.55. The molecule has 0 radical (unpaired) electrons. The molecule has 1 aromatic carbocycles. The second kappa shape index (κ2) is 8.29. The van der Waals surface area contributed by atoms with Gasteiger partial charge in [0, 0.05) is 17.1 Å². The van der Waals surface area contributed by atoms with Crippen molar-refractivity contribution in [3.05, 3.63) is 28.5 Å². The lowest BCUT2D eigenvalue weighted by Crippen LogP contribution is -2.41. The van der Waals surface area contributed by atoms with Gasteiger partial charge in [-0.15, -0.1) is 12.4 Å². The summed E-state index contributed by atoms with van der Waals surface area (Å²) in [6.07, 6.45) is 0.605. The summed E-state index contributed by atoms with van der Waals surface area (Å²) >= 11 is 3.09. The van der Waals surface area contributed by atoms with Gasteiger partial charge in [-0.3, -0.25) is 0 Å². The summed E-state index contributed by atoms with van der Waals surface area (Å²) in [7, 11) is -3.89. The van der Waals surface area contributed by atoms with Crippen LogP contribution in [-0.2, 0) is 10.0 Å². The van der Waals surface area contributed by atoms with Crippen LogP contribution < -0.4 is 10.5 Å². The zero-order valence-corrected chi connectivity index (χ0v) is 14.5. The molecule has 0 aliphatic heterocycles. The van der Waals surface area contributed by atoms with Crippen LogP contribution in [0.1, 0.15) is 20.3 Å². The van der Waals surface area contributed by atoms with Crippen molar-refractivity contribution in [3.8, 4) is 0 Å². The van der Waals surface area contributed by atoms with Gasteiger partial charge in [0.2, 0.25) is 10.0 Å². The van der Waals surface area contributed by atoms with Crippen LogP contribution in [0.3, 0.4) is 0 Å². The number of nitrogens with one attached hydrogen (secondary N) is 1. The Bertz CT molecular complexity index is 540. The van der Waals surface area contributed by atoms with E-state index in [1.807, 2.05) is 13.8 Å². The molecule has 20 heavy (non-hydrogen) atoms. The van der Waals surface area contributed by atoms with Crippen molar-refractivity contribution in [2.24, 2.45) is 11.7 Å². The largest absolute Gasteiger partial charge is 0.329 e. The number of nitrogens with two attached hydrogens (primary N) is 1. The number of benzene rings is 1. The molecule has 0 aliphatic carbocycles. The topological polar surface area (TPSA) is 72.2 Å². The zero-order chi connectivity index (χ0) is 14.6. The standard InChI is InChI=1S/C12H18BrFN2O2S.ClH/c1-8(2)5-10(7-15)16-19(17,18)12-4-3-9(13)6-11(12)14;/h3-4,6,8,10,16H,5,7,15H2,1-2H3;1H. The Balaban J connectivity index is 0.00000361. The highest BCUT2D eigenvalue weighted by atomic mass is 79.9. The van der Waals surface area contributed by atoms with Gasteiger partial charge < -0.3 is 5.73 Å². The predicted molar refractivity (Wildman–Crippen MR) is 84.0 cm³/mol. The van der Waals surface area contributed by atoms with Crippen LogP contribution in [0.5, 0.6) is 0 Å². The Morgan fingerprint density at radius 3 is 2.45 bits per heavy atom. The van der Waals surface area contributed by atoms with Gasteiger partial charge in [-0.25, -0.2) is 17.5 Å². The number of halogens is 3. The Labute approximate surface area is 133 Å². The van der Waals surface area contributed by atoms with Gasteiger partial charge in [0.05, 0.1) is 0 Å². The summed E-state index contributed by atoms with van der Waals surface area (Å²) in [6.45, 7) is 4.11. The number of hydrogen-bond acceptors (Lipinski definition) is 3. The fourth-order valence-electron chi connectivity index (χ4n) is 1.74. The minimum Gasteiger partial charge on any atom is -0.329 e. The van der Waals surface area contributed by atoms with Gasteiger partial charge >= 0.3 is 0 Å². The summed E-state index contributed by atoms with van der Waals surface area (Å²) in [6, 6.07) is 3.43. The van der Waals surface area contributed by atoms with Crippen LogP contribution >= 0.6 is 28.3 Å². The minimum absolute atomic E-state index is 0. The van der Waals surface area contributed by atoms with Crippen molar-refractivity contribution in [2.45, 2.75) is 31.2 Å². The van der Waals surface area contributed by atoms with Crippen LogP contribution in [0.2, 0.25) is 0 Å². The van der Waals surface area contributed by atoms with Crippen molar-refractivity contribution in [3.63, 3.8) is 0 Å². The first-order valence-corrected chi connectivity index (χ1v) is 8.21. The molecule has 3 N–H and O–H groups in total. The molecule has 1 atom stereocenters. The number of sulfonamides is 1. The fourth-order valence-corrected chi connectivity index (χ4v) is 3.39. The van der Waals surface area contributed by atoms with E-state index < -0.39 is 21.9 Å². The molecule has 0 aromatic heterocycles. The van der Waals surface area contributed by atoms with Crippen LogP contribution in [0.15, 0.2) is 27.6 Å². The maximum Gasteiger partial charge on any atom is 0.243 e. The normalized spacial score (nSPS) is 13.1. The molecule has 1 aromatic rings. The van der Waals surface area contributed by atoms with E-state index >= 15 is 0 Å². The highest BCUT2D eigenvalue weighted by molar-refractivity contribution is 9.10. The molecule has 0 aliphatic rings. The van der Waals surface area contributed by atoms with Crippen molar-refractivity contribution in [2.75, 3.05) is 6.54 Å². The summed E-state index contributed by atoms with van der Waals surface area (Å²) in [5, 5.41) is 0. The molecular weight excluding hydrogens is 371 g/mol. The van der Waals surface area contributed by atoms with Gasteiger partial charge in [-0.1, -0.05) is 29.8 Å². The quantitative estimate of drug-likeness (QED) is 0.785. The monoisotopic (exact) mass is 388 g/mol. The average molecular weight is 390 g/mol. The van der Waals surface area contributed by atoms with Crippen molar-refractivity contribution in [1.82, 2.24) is 4.72 Å². The van der Waals surface area contributed by atoms with E-state index in [1.165, 1.54) is 12.1 Å². The van der Waals surface area contributed by atoms with E-state index in [-0.39, 0.29) is 23.8 Å². The molecule has 0 bridgehead atoms. The first-order valence-electron chi connectivity index (χ1n) is 5.93. The van der Waals surface area contributed by atoms with Crippen molar-refractivity contribution < 1.29 is 12.8 Å². The van der Waals surface area contributed by atoms with E-state index in [0.29, 0.717) is 16.8 Å². The molecule has 1 rings (SSSR count). The molecule has 0 amide bonds. The fraction of sp³-hybridized carbons (Fsp3) is 0.500. The molecule has 0 saturated carbocycles. The van der Waals surface area contributed by atoms with Crippen molar-refractivity contribution in [1.29, 1.82) is 0 Å². The molecule has 116 valence electrons. The van der Waals surface area contributed by atoms with E-state index in [9.17, 15) is 12.8 Å². The molecular formula is C12H19BrClFN2O2S. The lowest BCUT2D eigenvalue weighted by molar-refractivity contribution is 0.463. The molecule has 1 unspecified atom stereocenters. The lowest BCUT2D eigenvalue weighted by atomic mass is 10.1. The molecule has 0 fully saturated rings. The molecule has 4 nitrogen and oxygen atoms in total. The van der Waals surface area contributed by atoms with Gasteiger partial charge in [0.25, 0.3) is 0 Å². The van der Waals surface area contributed by atoms with Crippen LogP contribution in [0, 0.1) is 11.7 Å². The maximum absolute atomic E-state index is 13.7. The summed E-state index contributed by atoms with van der Waals surface area (Å²) in [5.41, 5.74) is 5.54. The van der Waals surface area contributed by atoms with Crippen LogP contribution in [-0.4, -0.2) is 21.0 Å². The first kappa shape index (κ1) is 19.8. The Morgan fingerprint density at radius 2 is 2.00 bits per heavy atom. The SMILES string of the molecule is CC(C)CC(CN)NS(=O)(=O)c1ccc(Br)cc1F.Cl. The number of rotatable bonds is 6. The molecule has 0 spiro atoms. The highest BCUT2D eigenvalue weighted by Crippen LogP contribution is 2.20. The van der Waals surface area contributed by atoms with Crippen LogP contribution in [0.25, 0.3) is 0 Å². The number of hydrogen-bond donors (Lipinski definition) is 2. The Kier molecular flexibility index (Phi) is 8.20. The van der Waals surface area contributed by atoms with Crippen molar-refractivity contribution >= 4 is 38.4 Å². The second-order valence-electron chi connectivity index (χ2n) is 4.76. The van der Waals surface area contributed by atoms with Gasteiger partial charge in [0.1, 0.15) is 10.7 Å². The second-order valence-corrected chi connectivity index (χ2v) is 7.36. The highest BCUT2D eigenvalue weighted by Gasteiger charge is 2.23. The average Bonchev–Trinajstić information content (AvgIpc) is 2.26. The van der Waals surface area contributed by atoms with E-state index in [4.69, 9.17) is 5.73 Å². The smallest absolute Gasteiger partial charge is 0.243 e. The van der Waals surface area contributed by atoms with Gasteiger partial charge in [0.15, 0.2) is 0 Å². The molecule has 8 heteroatoms. The molecule has 0 saturated heterocycles. The summed E-state index contributed by atoms with van der Waals surface area (Å²) < 4.78 is 40.8. The van der Waals surface area contributed by atoms with E-state index in [1.54, 1.807) is 0 Å². The lowest BCUT2D eigenvalue weighted by Gasteiger charge is -2.19. The van der Waals surface area contributed by atoms with Crippen LogP contribution in [0.4, 0.5) is 4.39 Å². The van der Waals surface area contributed by atoms with E-state index in [2.05, 4.69) is 20.7 Å². The minimum atomic E-state index is -3.89. The summed E-state index contributed by atoms with van der Waals surface area (Å²) in [5.74, 6) is -0.492. The maximum atomic E-state index is 13.7. The Hall–Kier alpha value is -0.210. The summed E-state index contributed by atoms with van der Waals surface area (Å²) in [4.78, 5) is -0.363. The first-order chi connectivity index (χ1) is 8.76. The zero-order valence-electron chi connectivity index (χ0n) is 11.3. The Morgan fingerprint density at radius 1 is 1.40 bits per heavy atom. The van der Waals surface area contributed by atoms with Gasteiger partial charge in [-0.2, -0.15) is 0 Å². The van der Waals surface area contributed by atoms with E-state index in [0.717, 1.165) is 6.07 Å². The third kappa shape index (κ3) is 5.65. The molecule has 0 heterocycles. The van der Waals surface area contributed by atoms with Gasteiger partial charge in [-0.05, 0) is 30.5 Å². The predicted octanol–water partition coefficient (Wildman–Crippen LogP) is 2.66. The third-order valence-corrected chi connectivity index (χ3v) is 4.59.